The maximum atomic E-state index is 14.1. The molecule has 0 amide bonds. The largest absolute Gasteiger partial charge is 0.457 e. The summed E-state index contributed by atoms with van der Waals surface area (Å²) < 4.78 is 33.0. The van der Waals surface area contributed by atoms with Crippen LogP contribution in [-0.2, 0) is 0 Å². The molecule has 152 valence electrons. The minimum atomic E-state index is -0.749. The van der Waals surface area contributed by atoms with Crippen molar-refractivity contribution >= 4 is 17.5 Å². The minimum Gasteiger partial charge on any atom is -0.457 e. The lowest BCUT2D eigenvalue weighted by Gasteiger charge is -2.10. The molecule has 0 bridgehead atoms. The standard InChI is InChI=1S/C22H14F2N6O/c23-13-1-6-18(19(24)9-13)20-11-21(30-22(26)29-20)28-14-2-4-16(5-3-14)31-17-7-8-27-15(10-17)12-25/h1-11H,(H3,26,28,29,30). The molecule has 0 fully saturated rings. The SMILES string of the molecule is N#Cc1cc(Oc2ccc(Nc3cc(-c4ccc(F)cc4F)nc(N)n3)cc2)ccn1. The molecule has 7 nitrogen and oxygen atoms in total. The average molecular weight is 416 g/mol. The Labute approximate surface area is 175 Å². The third kappa shape index (κ3) is 4.71. The van der Waals surface area contributed by atoms with Crippen LogP contribution in [0.15, 0.2) is 66.9 Å². The van der Waals surface area contributed by atoms with E-state index in [1.54, 1.807) is 30.3 Å². The van der Waals surface area contributed by atoms with Gasteiger partial charge in [0.25, 0.3) is 0 Å². The number of hydrogen-bond donors (Lipinski definition) is 2. The Kier molecular flexibility index (Phi) is 5.36. The second kappa shape index (κ2) is 8.42. The lowest BCUT2D eigenvalue weighted by atomic mass is 10.1. The first kappa shape index (κ1) is 19.7. The number of anilines is 3. The maximum absolute atomic E-state index is 14.1. The van der Waals surface area contributed by atoms with Crippen molar-refractivity contribution in [1.82, 2.24) is 15.0 Å². The Balaban J connectivity index is 1.53. The molecule has 4 aromatic rings. The number of nitrogen functional groups attached to an aromatic ring is 1. The first-order chi connectivity index (χ1) is 15.0. The molecule has 3 N–H and O–H groups in total. The molecular weight excluding hydrogens is 402 g/mol. The van der Waals surface area contributed by atoms with E-state index in [4.69, 9.17) is 15.7 Å². The molecule has 0 unspecified atom stereocenters. The van der Waals surface area contributed by atoms with E-state index in [-0.39, 0.29) is 22.9 Å². The summed E-state index contributed by atoms with van der Waals surface area (Å²) in [4.78, 5) is 12.0. The third-order valence-corrected chi connectivity index (χ3v) is 4.16. The second-order valence-electron chi connectivity index (χ2n) is 6.36. The molecule has 0 aliphatic heterocycles. The highest BCUT2D eigenvalue weighted by Gasteiger charge is 2.11. The fourth-order valence-electron chi connectivity index (χ4n) is 2.79. The fourth-order valence-corrected chi connectivity index (χ4v) is 2.79. The van der Waals surface area contributed by atoms with Gasteiger partial charge in [-0.05, 0) is 42.5 Å². The molecule has 0 saturated carbocycles. The number of aromatic nitrogens is 3. The maximum Gasteiger partial charge on any atom is 0.222 e. The molecule has 0 saturated heterocycles. The van der Waals surface area contributed by atoms with Gasteiger partial charge in [0.15, 0.2) is 0 Å². The third-order valence-electron chi connectivity index (χ3n) is 4.16. The van der Waals surface area contributed by atoms with Crippen molar-refractivity contribution in [3.8, 4) is 28.8 Å². The number of rotatable bonds is 5. The van der Waals surface area contributed by atoms with Crippen LogP contribution in [0.1, 0.15) is 5.69 Å². The number of nitrogens with one attached hydrogen (secondary N) is 1. The summed E-state index contributed by atoms with van der Waals surface area (Å²) in [7, 11) is 0. The van der Waals surface area contributed by atoms with Crippen LogP contribution in [0.25, 0.3) is 11.3 Å². The van der Waals surface area contributed by atoms with Gasteiger partial charge in [0.2, 0.25) is 5.95 Å². The van der Waals surface area contributed by atoms with Gasteiger partial charge in [0.1, 0.15) is 40.7 Å². The number of pyridine rings is 1. The summed E-state index contributed by atoms with van der Waals surface area (Å²) in [6, 6.07) is 16.8. The van der Waals surface area contributed by atoms with E-state index >= 15 is 0 Å². The van der Waals surface area contributed by atoms with E-state index in [1.165, 1.54) is 24.4 Å². The fraction of sp³-hybridized carbons (Fsp3) is 0. The highest BCUT2D eigenvalue weighted by Crippen LogP contribution is 2.27. The zero-order valence-corrected chi connectivity index (χ0v) is 15.9. The molecular formula is C22H14F2N6O. The van der Waals surface area contributed by atoms with Crippen molar-refractivity contribution < 1.29 is 13.5 Å². The van der Waals surface area contributed by atoms with Gasteiger partial charge in [-0.15, -0.1) is 0 Å². The summed E-state index contributed by atoms with van der Waals surface area (Å²) in [5.41, 5.74) is 7.01. The summed E-state index contributed by atoms with van der Waals surface area (Å²) in [5, 5.41) is 12.0. The van der Waals surface area contributed by atoms with Gasteiger partial charge in [-0.1, -0.05) is 0 Å². The zero-order chi connectivity index (χ0) is 21.8. The highest BCUT2D eigenvalue weighted by molar-refractivity contribution is 5.67. The summed E-state index contributed by atoms with van der Waals surface area (Å²) >= 11 is 0. The van der Waals surface area contributed by atoms with Crippen molar-refractivity contribution in [2.24, 2.45) is 0 Å². The number of ether oxygens (including phenoxy) is 1. The van der Waals surface area contributed by atoms with Gasteiger partial charge in [0.05, 0.1) is 5.69 Å². The van der Waals surface area contributed by atoms with Crippen LogP contribution in [0, 0.1) is 23.0 Å². The van der Waals surface area contributed by atoms with E-state index in [0.717, 1.165) is 12.1 Å². The van der Waals surface area contributed by atoms with Crippen molar-refractivity contribution in [1.29, 1.82) is 5.26 Å². The van der Waals surface area contributed by atoms with Crippen LogP contribution in [0.5, 0.6) is 11.5 Å². The van der Waals surface area contributed by atoms with Gasteiger partial charge >= 0.3 is 0 Å². The number of nitrogens with zero attached hydrogens (tertiary/aromatic N) is 4. The molecule has 2 heterocycles. The number of hydrogen-bond acceptors (Lipinski definition) is 7. The summed E-state index contributed by atoms with van der Waals surface area (Å²) in [6.07, 6.45) is 1.49. The molecule has 2 aromatic carbocycles. The molecule has 0 aliphatic rings. The first-order valence-corrected chi connectivity index (χ1v) is 9.01. The predicted octanol–water partition coefficient (Wildman–Crippen LogP) is 4.81. The van der Waals surface area contributed by atoms with Gasteiger partial charge in [0, 0.05) is 35.6 Å². The molecule has 0 aliphatic carbocycles. The Morgan fingerprint density at radius 1 is 0.935 bits per heavy atom. The van der Waals surface area contributed by atoms with Crippen LogP contribution in [0.2, 0.25) is 0 Å². The van der Waals surface area contributed by atoms with Gasteiger partial charge in [-0.3, -0.25) is 0 Å². The number of nitriles is 1. The quantitative estimate of drug-likeness (QED) is 0.480. The van der Waals surface area contributed by atoms with Crippen molar-refractivity contribution in [3.63, 3.8) is 0 Å². The summed E-state index contributed by atoms with van der Waals surface area (Å²) in [5.74, 6) is -0.109. The lowest BCUT2D eigenvalue weighted by molar-refractivity contribution is 0.482. The van der Waals surface area contributed by atoms with Gasteiger partial charge in [-0.25, -0.2) is 18.7 Å². The van der Waals surface area contributed by atoms with E-state index in [9.17, 15) is 8.78 Å². The van der Waals surface area contributed by atoms with Gasteiger partial charge < -0.3 is 15.8 Å². The van der Waals surface area contributed by atoms with Crippen LogP contribution >= 0.6 is 0 Å². The van der Waals surface area contributed by atoms with Crippen molar-refractivity contribution in [3.05, 3.63) is 84.2 Å². The molecule has 0 radical (unpaired) electrons. The normalized spacial score (nSPS) is 10.4. The lowest BCUT2D eigenvalue weighted by Crippen LogP contribution is -2.02. The van der Waals surface area contributed by atoms with E-state index in [0.29, 0.717) is 23.0 Å². The Bertz CT molecular complexity index is 1290. The van der Waals surface area contributed by atoms with Crippen LogP contribution in [-0.4, -0.2) is 15.0 Å². The van der Waals surface area contributed by atoms with Crippen LogP contribution in [0.4, 0.5) is 26.2 Å². The van der Waals surface area contributed by atoms with Crippen LogP contribution in [0.3, 0.4) is 0 Å². The number of nitrogens with two attached hydrogens (primary N) is 1. The summed E-state index contributed by atoms with van der Waals surface area (Å²) in [6.45, 7) is 0. The van der Waals surface area contributed by atoms with Crippen molar-refractivity contribution in [2.75, 3.05) is 11.1 Å². The van der Waals surface area contributed by atoms with Crippen molar-refractivity contribution in [2.45, 2.75) is 0 Å². The molecule has 9 heteroatoms. The van der Waals surface area contributed by atoms with Gasteiger partial charge in [-0.2, -0.15) is 10.2 Å². The number of benzene rings is 2. The van der Waals surface area contributed by atoms with E-state index in [2.05, 4.69) is 20.3 Å². The molecule has 4 rings (SSSR count). The Morgan fingerprint density at radius 3 is 2.48 bits per heavy atom. The zero-order valence-electron chi connectivity index (χ0n) is 15.9. The Hall–Kier alpha value is -4.58. The molecule has 0 spiro atoms. The smallest absolute Gasteiger partial charge is 0.222 e. The monoisotopic (exact) mass is 416 g/mol. The predicted molar refractivity (Wildman–Crippen MR) is 111 cm³/mol. The van der Waals surface area contributed by atoms with Crippen LogP contribution < -0.4 is 15.8 Å². The average Bonchev–Trinajstić information content (AvgIpc) is 2.75. The van der Waals surface area contributed by atoms with E-state index in [1.807, 2.05) is 6.07 Å². The Morgan fingerprint density at radius 2 is 1.74 bits per heavy atom. The number of halogens is 2. The molecule has 2 aromatic heterocycles. The molecule has 0 atom stereocenters. The minimum absolute atomic E-state index is 0.0605. The first-order valence-electron chi connectivity index (χ1n) is 9.01. The highest BCUT2D eigenvalue weighted by atomic mass is 19.1. The second-order valence-corrected chi connectivity index (χ2v) is 6.36. The topological polar surface area (TPSA) is 110 Å². The molecule has 31 heavy (non-hydrogen) atoms. The van der Waals surface area contributed by atoms with E-state index < -0.39 is 11.6 Å².